The minimum absolute atomic E-state index is 0.179. The molecule has 0 bridgehead atoms. The van der Waals surface area contributed by atoms with Crippen molar-refractivity contribution in [2.45, 2.75) is 47.8 Å². The van der Waals surface area contributed by atoms with E-state index in [1.165, 1.54) is 33.6 Å². The fourth-order valence-electron chi connectivity index (χ4n) is 2.96. The lowest BCUT2D eigenvalue weighted by Gasteiger charge is -2.19. The summed E-state index contributed by atoms with van der Waals surface area (Å²) in [5.41, 5.74) is 0.432. The first-order valence-electron chi connectivity index (χ1n) is 9.33. The molecule has 0 aliphatic carbocycles. The van der Waals surface area contributed by atoms with E-state index in [1.54, 1.807) is 30.5 Å². The van der Waals surface area contributed by atoms with Crippen LogP contribution in [0.1, 0.15) is 38.2 Å². The summed E-state index contributed by atoms with van der Waals surface area (Å²) in [7, 11) is -3.54. The number of aromatic nitrogens is 1. The highest BCUT2D eigenvalue weighted by atomic mass is 32.2. The van der Waals surface area contributed by atoms with Crippen LogP contribution in [0.15, 0.2) is 39.7 Å². The molecule has 1 unspecified atom stereocenters. The number of amides is 1. The van der Waals surface area contributed by atoms with Crippen LogP contribution in [0.4, 0.5) is 5.00 Å². The van der Waals surface area contributed by atoms with Gasteiger partial charge < -0.3 is 5.32 Å². The molecule has 0 spiro atoms. The summed E-state index contributed by atoms with van der Waals surface area (Å²) in [6, 6.07) is 6.87. The molecule has 10 heteroatoms. The number of pyridine rings is 1. The molecular weight excluding hydrogens is 428 g/mol. The van der Waals surface area contributed by atoms with Crippen molar-refractivity contribution in [2.75, 3.05) is 18.4 Å². The van der Waals surface area contributed by atoms with E-state index >= 15 is 0 Å². The Balaban J connectivity index is 1.64. The van der Waals surface area contributed by atoms with E-state index in [0.29, 0.717) is 28.7 Å². The van der Waals surface area contributed by atoms with E-state index in [0.717, 1.165) is 25.7 Å². The van der Waals surface area contributed by atoms with Crippen molar-refractivity contribution in [3.05, 3.63) is 35.3 Å². The number of nitrogens with zero attached hydrogens (tertiary/aromatic N) is 3. The highest BCUT2D eigenvalue weighted by molar-refractivity contribution is 8.00. The Labute approximate surface area is 179 Å². The topological polar surface area (TPSA) is 103 Å². The standard InChI is InChI=1S/C19H22N4O3S3/c1-14(18(24)22-19-15(12-20)8-11-27-19)28-17-7-6-16(13-21-17)29(25,26)23-9-4-2-3-5-10-23/h6-8,11,13-14H,2-5,9-10H2,1H3,(H,22,24). The normalized spacial score (nSPS) is 16.6. The van der Waals surface area contributed by atoms with E-state index < -0.39 is 15.3 Å². The van der Waals surface area contributed by atoms with Gasteiger partial charge in [-0.1, -0.05) is 24.6 Å². The number of hydrogen-bond donors (Lipinski definition) is 1. The molecule has 2 aromatic heterocycles. The van der Waals surface area contributed by atoms with Gasteiger partial charge in [0.2, 0.25) is 15.9 Å². The summed E-state index contributed by atoms with van der Waals surface area (Å²) in [6.07, 6.45) is 5.23. The van der Waals surface area contributed by atoms with Crippen LogP contribution in [0.5, 0.6) is 0 Å². The molecule has 1 aliphatic heterocycles. The molecule has 1 aliphatic rings. The Bertz CT molecular complexity index is 988. The Morgan fingerprint density at radius 2 is 2.00 bits per heavy atom. The average Bonchev–Trinajstić information content (AvgIpc) is 2.97. The summed E-state index contributed by atoms with van der Waals surface area (Å²) < 4.78 is 27.2. The van der Waals surface area contributed by atoms with Gasteiger partial charge in [0, 0.05) is 19.3 Å². The van der Waals surface area contributed by atoms with Gasteiger partial charge in [0.05, 0.1) is 15.8 Å². The minimum atomic E-state index is -3.54. The van der Waals surface area contributed by atoms with Crippen LogP contribution in [0.3, 0.4) is 0 Å². The number of nitriles is 1. The fourth-order valence-corrected chi connectivity index (χ4v) is 5.95. The number of nitrogens with one attached hydrogen (secondary N) is 1. The Morgan fingerprint density at radius 3 is 2.62 bits per heavy atom. The zero-order valence-electron chi connectivity index (χ0n) is 16.0. The molecule has 0 aromatic carbocycles. The number of rotatable bonds is 6. The summed E-state index contributed by atoms with van der Waals surface area (Å²) in [5, 5.41) is 14.2. The second kappa shape index (κ2) is 9.71. The van der Waals surface area contributed by atoms with E-state index in [9.17, 15) is 13.2 Å². The lowest BCUT2D eigenvalue weighted by molar-refractivity contribution is -0.115. The van der Waals surface area contributed by atoms with E-state index in [1.807, 2.05) is 6.07 Å². The predicted molar refractivity (Wildman–Crippen MR) is 114 cm³/mol. The van der Waals surface area contributed by atoms with Gasteiger partial charge in [-0.3, -0.25) is 4.79 Å². The van der Waals surface area contributed by atoms with Crippen LogP contribution in [0.25, 0.3) is 0 Å². The highest BCUT2D eigenvalue weighted by Gasteiger charge is 2.25. The number of thioether (sulfide) groups is 1. The van der Waals surface area contributed by atoms with E-state index in [2.05, 4.69) is 10.3 Å². The van der Waals surface area contributed by atoms with E-state index in [-0.39, 0.29) is 10.8 Å². The third-order valence-electron chi connectivity index (χ3n) is 4.60. The second-order valence-electron chi connectivity index (χ2n) is 6.67. The fraction of sp³-hybridized carbons (Fsp3) is 0.421. The largest absolute Gasteiger partial charge is 0.316 e. The third kappa shape index (κ3) is 5.36. The number of thiophene rings is 1. The van der Waals surface area contributed by atoms with Gasteiger partial charge in [-0.05, 0) is 43.3 Å². The Kier molecular flexibility index (Phi) is 7.29. The van der Waals surface area contributed by atoms with E-state index in [4.69, 9.17) is 5.26 Å². The molecule has 3 rings (SSSR count). The average molecular weight is 451 g/mol. The van der Waals surface area contributed by atoms with Crippen molar-refractivity contribution < 1.29 is 13.2 Å². The predicted octanol–water partition coefficient (Wildman–Crippen LogP) is 3.70. The first kappa shape index (κ1) is 21.8. The number of anilines is 1. The maximum Gasteiger partial charge on any atom is 0.244 e. The third-order valence-corrected chi connectivity index (χ3v) is 8.36. The second-order valence-corrected chi connectivity index (χ2v) is 10.9. The minimum Gasteiger partial charge on any atom is -0.316 e. The zero-order chi connectivity index (χ0) is 20.9. The summed E-state index contributed by atoms with van der Waals surface area (Å²) >= 11 is 2.53. The Hall–Kier alpha value is -1.93. The van der Waals surface area contributed by atoms with Gasteiger partial charge >= 0.3 is 0 Å². The SMILES string of the molecule is CC(Sc1ccc(S(=O)(=O)N2CCCCCC2)cn1)C(=O)Nc1sccc1C#N. The van der Waals surface area contributed by atoms with Gasteiger partial charge in [0.15, 0.2) is 0 Å². The first-order valence-corrected chi connectivity index (χ1v) is 12.5. The van der Waals surface area contributed by atoms with Crippen molar-refractivity contribution >= 4 is 44.0 Å². The van der Waals surface area contributed by atoms with Crippen molar-refractivity contribution in [1.82, 2.24) is 9.29 Å². The zero-order valence-corrected chi connectivity index (χ0v) is 18.4. The van der Waals surface area contributed by atoms with Crippen LogP contribution >= 0.6 is 23.1 Å². The van der Waals surface area contributed by atoms with Crippen LogP contribution in [-0.2, 0) is 14.8 Å². The van der Waals surface area contributed by atoms with Crippen molar-refractivity contribution in [3.63, 3.8) is 0 Å². The van der Waals surface area contributed by atoms with Crippen molar-refractivity contribution in [2.24, 2.45) is 0 Å². The van der Waals surface area contributed by atoms with Gasteiger partial charge in [0.25, 0.3) is 0 Å². The van der Waals surface area contributed by atoms with Crippen molar-refractivity contribution in [1.29, 1.82) is 5.26 Å². The molecule has 29 heavy (non-hydrogen) atoms. The number of sulfonamides is 1. The quantitative estimate of drug-likeness (QED) is 0.673. The van der Waals surface area contributed by atoms with Crippen LogP contribution < -0.4 is 5.32 Å². The molecule has 1 amide bonds. The van der Waals surface area contributed by atoms with Gasteiger partial charge in [0.1, 0.15) is 16.0 Å². The number of carbonyl (C=O) groups is 1. The molecule has 0 radical (unpaired) electrons. The molecule has 1 atom stereocenters. The monoisotopic (exact) mass is 450 g/mol. The number of carbonyl (C=O) groups excluding carboxylic acids is 1. The molecule has 0 saturated carbocycles. The first-order chi connectivity index (χ1) is 13.9. The molecular formula is C19H22N4O3S3. The molecule has 1 fully saturated rings. The van der Waals surface area contributed by atoms with Gasteiger partial charge in [-0.2, -0.15) is 9.57 Å². The number of hydrogen-bond acceptors (Lipinski definition) is 7. The lowest BCUT2D eigenvalue weighted by Crippen LogP contribution is -2.32. The molecule has 2 aromatic rings. The highest BCUT2D eigenvalue weighted by Crippen LogP contribution is 2.27. The maximum absolute atomic E-state index is 12.8. The summed E-state index contributed by atoms with van der Waals surface area (Å²) in [4.78, 5) is 16.8. The van der Waals surface area contributed by atoms with Gasteiger partial charge in [-0.15, -0.1) is 11.3 Å². The molecule has 1 saturated heterocycles. The van der Waals surface area contributed by atoms with Crippen LogP contribution in [0.2, 0.25) is 0 Å². The smallest absolute Gasteiger partial charge is 0.244 e. The summed E-state index contributed by atoms with van der Waals surface area (Å²) in [6.45, 7) is 2.83. The molecule has 7 nitrogen and oxygen atoms in total. The molecule has 3 heterocycles. The van der Waals surface area contributed by atoms with Crippen molar-refractivity contribution in [3.8, 4) is 6.07 Å². The molecule has 1 N–H and O–H groups in total. The molecule has 154 valence electrons. The van der Waals surface area contributed by atoms with Gasteiger partial charge in [-0.25, -0.2) is 13.4 Å². The maximum atomic E-state index is 12.8. The van der Waals surface area contributed by atoms with Crippen LogP contribution in [-0.4, -0.2) is 42.0 Å². The Morgan fingerprint density at radius 1 is 1.28 bits per heavy atom. The van der Waals surface area contributed by atoms with Crippen LogP contribution in [0, 0.1) is 11.3 Å². The lowest BCUT2D eigenvalue weighted by atomic mass is 10.2. The summed E-state index contributed by atoms with van der Waals surface area (Å²) in [5.74, 6) is -0.239.